The van der Waals surface area contributed by atoms with Crippen LogP contribution in [-0.4, -0.2) is 36.3 Å². The molecule has 18 heavy (non-hydrogen) atoms. The van der Waals surface area contributed by atoms with Crippen LogP contribution in [0.3, 0.4) is 0 Å². The van der Waals surface area contributed by atoms with E-state index >= 15 is 0 Å². The molecule has 1 aromatic carbocycles. The lowest BCUT2D eigenvalue weighted by atomic mass is 10.1. The first-order valence-electron chi connectivity index (χ1n) is 6.50. The van der Waals surface area contributed by atoms with Crippen molar-refractivity contribution < 1.29 is 14.3 Å². The Bertz CT molecular complexity index is 420. The van der Waals surface area contributed by atoms with Gasteiger partial charge in [-0.1, -0.05) is 18.2 Å². The van der Waals surface area contributed by atoms with E-state index in [0.717, 1.165) is 19.3 Å². The van der Waals surface area contributed by atoms with Gasteiger partial charge >= 0.3 is 6.09 Å². The monoisotopic (exact) mass is 247 g/mol. The molecule has 96 valence electrons. The zero-order valence-corrected chi connectivity index (χ0v) is 10.2. The fourth-order valence-electron chi connectivity index (χ4n) is 2.80. The van der Waals surface area contributed by atoms with Crippen LogP contribution in [0.2, 0.25) is 0 Å². The number of ether oxygens (including phenoxy) is 2. The molecule has 0 spiro atoms. The van der Waals surface area contributed by atoms with Gasteiger partial charge in [-0.05, 0) is 31.4 Å². The molecule has 0 N–H and O–H groups in total. The molecule has 0 aromatic heterocycles. The van der Waals surface area contributed by atoms with Crippen molar-refractivity contribution in [3.05, 3.63) is 30.3 Å². The van der Waals surface area contributed by atoms with Gasteiger partial charge in [0, 0.05) is 6.54 Å². The lowest BCUT2D eigenvalue weighted by Crippen LogP contribution is -2.52. The molecule has 0 bridgehead atoms. The predicted octanol–water partition coefficient (Wildman–Crippen LogP) is 2.44. The second-order valence-electron chi connectivity index (χ2n) is 4.78. The van der Waals surface area contributed by atoms with Crippen molar-refractivity contribution in [2.45, 2.75) is 31.4 Å². The summed E-state index contributed by atoms with van der Waals surface area (Å²) in [7, 11) is 0. The molecule has 2 unspecified atom stereocenters. The van der Waals surface area contributed by atoms with Crippen LogP contribution in [0.15, 0.2) is 30.3 Å². The maximum atomic E-state index is 12.2. The molecule has 2 fully saturated rings. The number of amides is 1. The number of carbonyl (C=O) groups excluding carboxylic acids is 1. The Morgan fingerprint density at radius 3 is 2.94 bits per heavy atom. The highest BCUT2D eigenvalue weighted by atomic mass is 16.6. The van der Waals surface area contributed by atoms with Crippen LogP contribution >= 0.6 is 0 Å². The number of rotatable bonds is 1. The normalized spacial score (nSPS) is 26.8. The van der Waals surface area contributed by atoms with Crippen LogP contribution < -0.4 is 4.74 Å². The van der Waals surface area contributed by atoms with Crippen molar-refractivity contribution in [2.75, 3.05) is 13.2 Å². The highest BCUT2D eigenvalue weighted by Gasteiger charge is 2.39. The van der Waals surface area contributed by atoms with Gasteiger partial charge in [-0.15, -0.1) is 0 Å². The summed E-state index contributed by atoms with van der Waals surface area (Å²) in [6.45, 7) is 1.25. The molecule has 2 aliphatic rings. The number of fused-ring (bicyclic) bond motifs is 1. The minimum Gasteiger partial charge on any atom is -0.410 e. The molecule has 1 aliphatic heterocycles. The van der Waals surface area contributed by atoms with Crippen molar-refractivity contribution in [2.24, 2.45) is 0 Å². The third-order valence-corrected chi connectivity index (χ3v) is 3.67. The van der Waals surface area contributed by atoms with Gasteiger partial charge in [0.2, 0.25) is 0 Å². The molecule has 1 saturated heterocycles. The van der Waals surface area contributed by atoms with Crippen molar-refractivity contribution >= 4 is 6.09 Å². The topological polar surface area (TPSA) is 38.8 Å². The third kappa shape index (κ3) is 2.20. The van der Waals surface area contributed by atoms with Gasteiger partial charge in [0.1, 0.15) is 5.75 Å². The highest BCUT2D eigenvalue weighted by Crippen LogP contribution is 2.30. The molecule has 1 saturated carbocycles. The number of morpholine rings is 1. The SMILES string of the molecule is O=C(Oc1ccccc1)N1CCOC2CCCC21. The lowest BCUT2D eigenvalue weighted by Gasteiger charge is -2.36. The Morgan fingerprint density at radius 2 is 2.11 bits per heavy atom. The minimum atomic E-state index is -0.249. The number of hydrogen-bond donors (Lipinski definition) is 0. The van der Waals surface area contributed by atoms with Crippen molar-refractivity contribution in [1.82, 2.24) is 4.90 Å². The second kappa shape index (κ2) is 4.98. The number of hydrogen-bond acceptors (Lipinski definition) is 3. The van der Waals surface area contributed by atoms with Gasteiger partial charge in [-0.3, -0.25) is 4.90 Å². The predicted molar refractivity (Wildman–Crippen MR) is 66.6 cm³/mol. The van der Waals surface area contributed by atoms with Gasteiger partial charge in [-0.25, -0.2) is 4.79 Å². The van der Waals surface area contributed by atoms with Crippen LogP contribution in [0.4, 0.5) is 4.79 Å². The van der Waals surface area contributed by atoms with Crippen LogP contribution in [0.1, 0.15) is 19.3 Å². The summed E-state index contributed by atoms with van der Waals surface area (Å²) in [4.78, 5) is 14.0. The number of benzene rings is 1. The van der Waals surface area contributed by atoms with E-state index < -0.39 is 0 Å². The van der Waals surface area contributed by atoms with E-state index in [2.05, 4.69) is 0 Å². The van der Waals surface area contributed by atoms with Crippen molar-refractivity contribution in [3.63, 3.8) is 0 Å². The molecule has 1 heterocycles. The van der Waals surface area contributed by atoms with E-state index in [9.17, 15) is 4.79 Å². The van der Waals surface area contributed by atoms with Crippen LogP contribution in [-0.2, 0) is 4.74 Å². The van der Waals surface area contributed by atoms with Crippen LogP contribution in [0, 0.1) is 0 Å². The maximum Gasteiger partial charge on any atom is 0.415 e. The van der Waals surface area contributed by atoms with E-state index in [4.69, 9.17) is 9.47 Å². The van der Waals surface area contributed by atoms with Gasteiger partial charge in [0.05, 0.1) is 18.8 Å². The smallest absolute Gasteiger partial charge is 0.410 e. The van der Waals surface area contributed by atoms with E-state index in [1.807, 2.05) is 23.1 Å². The zero-order chi connectivity index (χ0) is 12.4. The van der Waals surface area contributed by atoms with Gasteiger partial charge in [-0.2, -0.15) is 0 Å². The molecule has 2 atom stereocenters. The summed E-state index contributed by atoms with van der Waals surface area (Å²) in [5.74, 6) is 0.600. The number of nitrogens with zero attached hydrogens (tertiary/aromatic N) is 1. The number of carbonyl (C=O) groups is 1. The van der Waals surface area contributed by atoms with E-state index in [1.54, 1.807) is 12.1 Å². The van der Waals surface area contributed by atoms with Gasteiger partial charge in [0.15, 0.2) is 0 Å². The molecule has 4 heteroatoms. The second-order valence-corrected chi connectivity index (χ2v) is 4.78. The third-order valence-electron chi connectivity index (χ3n) is 3.67. The largest absolute Gasteiger partial charge is 0.415 e. The summed E-state index contributed by atoms with van der Waals surface area (Å²) < 4.78 is 11.1. The Hall–Kier alpha value is -1.55. The Labute approximate surface area is 106 Å². The quantitative estimate of drug-likeness (QED) is 0.765. The van der Waals surface area contributed by atoms with Crippen molar-refractivity contribution in [3.8, 4) is 5.75 Å². The fraction of sp³-hybridized carbons (Fsp3) is 0.500. The first-order valence-corrected chi connectivity index (χ1v) is 6.50. The zero-order valence-electron chi connectivity index (χ0n) is 10.2. The fourth-order valence-corrected chi connectivity index (χ4v) is 2.80. The van der Waals surface area contributed by atoms with Gasteiger partial charge < -0.3 is 9.47 Å². The summed E-state index contributed by atoms with van der Waals surface area (Å²) >= 11 is 0. The summed E-state index contributed by atoms with van der Waals surface area (Å²) in [6, 6.07) is 9.42. The molecule has 3 rings (SSSR count). The Kier molecular flexibility index (Phi) is 3.19. The van der Waals surface area contributed by atoms with Gasteiger partial charge in [0.25, 0.3) is 0 Å². The van der Waals surface area contributed by atoms with Crippen LogP contribution in [0.5, 0.6) is 5.75 Å². The average Bonchev–Trinajstić information content (AvgIpc) is 2.87. The molecule has 1 amide bonds. The summed E-state index contributed by atoms with van der Waals surface area (Å²) in [5, 5.41) is 0. The Morgan fingerprint density at radius 1 is 1.28 bits per heavy atom. The minimum absolute atomic E-state index is 0.204. The lowest BCUT2D eigenvalue weighted by molar-refractivity contribution is -0.0447. The van der Waals surface area contributed by atoms with E-state index in [-0.39, 0.29) is 18.2 Å². The Balaban J connectivity index is 1.68. The molecule has 0 radical (unpaired) electrons. The molecular formula is C14H17NO3. The highest BCUT2D eigenvalue weighted by molar-refractivity contribution is 5.71. The van der Waals surface area contributed by atoms with Crippen molar-refractivity contribution in [1.29, 1.82) is 0 Å². The average molecular weight is 247 g/mol. The first-order chi connectivity index (χ1) is 8.84. The summed E-state index contributed by atoms with van der Waals surface area (Å²) in [5.41, 5.74) is 0. The van der Waals surface area contributed by atoms with E-state index in [1.165, 1.54) is 0 Å². The molecule has 1 aromatic rings. The standard InChI is InChI=1S/C14H17NO3/c16-14(18-11-5-2-1-3-6-11)15-9-10-17-13-8-4-7-12(13)15/h1-3,5-6,12-13H,4,7-10H2. The molecule has 1 aliphatic carbocycles. The number of para-hydroxylation sites is 1. The van der Waals surface area contributed by atoms with E-state index in [0.29, 0.717) is 18.9 Å². The maximum absolute atomic E-state index is 12.2. The molecule has 4 nitrogen and oxygen atoms in total. The molecular weight excluding hydrogens is 230 g/mol. The first kappa shape index (κ1) is 11.5. The summed E-state index contributed by atoms with van der Waals surface area (Å²) in [6.07, 6.45) is 3.17. The van der Waals surface area contributed by atoms with Crippen LogP contribution in [0.25, 0.3) is 0 Å².